The minimum Gasteiger partial charge on any atom is -0.352 e. The van der Waals surface area contributed by atoms with Crippen molar-refractivity contribution in [2.24, 2.45) is 0 Å². The number of nitrogens with zero attached hydrogens (tertiary/aromatic N) is 3. The highest BCUT2D eigenvalue weighted by molar-refractivity contribution is 5.96. The number of piperidine rings is 1. The molecule has 2 amide bonds. The number of aromatic nitrogens is 2. The number of likely N-dealkylation sites (tertiary alicyclic amines) is 1. The first-order valence-corrected chi connectivity index (χ1v) is 10.9. The van der Waals surface area contributed by atoms with Crippen LogP contribution in [-0.2, 0) is 6.54 Å². The third-order valence-electron chi connectivity index (χ3n) is 5.83. The number of amides is 2. The lowest BCUT2D eigenvalue weighted by molar-refractivity contribution is 0.0600. The normalized spacial score (nSPS) is 16.1. The van der Waals surface area contributed by atoms with Gasteiger partial charge in [-0.3, -0.25) is 14.3 Å². The highest BCUT2D eigenvalue weighted by Crippen LogP contribution is 2.23. The summed E-state index contributed by atoms with van der Waals surface area (Å²) in [6.07, 6.45) is 7.49. The lowest BCUT2D eigenvalue weighted by Gasteiger charge is -2.36. The molecular weight excluding hydrogens is 388 g/mol. The summed E-state index contributed by atoms with van der Waals surface area (Å²) < 4.78 is 1.83. The van der Waals surface area contributed by atoms with Crippen LogP contribution in [0.2, 0.25) is 0 Å². The summed E-state index contributed by atoms with van der Waals surface area (Å²) in [5.41, 5.74) is 2.36. The molecule has 2 aromatic carbocycles. The molecular formula is C25H28N4O2. The molecule has 0 saturated carbocycles. The second kappa shape index (κ2) is 10.1. The lowest BCUT2D eigenvalue weighted by atomic mass is 9.97. The monoisotopic (exact) mass is 416 g/mol. The largest absolute Gasteiger partial charge is 0.352 e. The molecule has 0 aliphatic carbocycles. The summed E-state index contributed by atoms with van der Waals surface area (Å²) in [5.74, 6) is 0.000645. The topological polar surface area (TPSA) is 67.2 Å². The Labute approximate surface area is 182 Å². The van der Waals surface area contributed by atoms with E-state index in [1.54, 1.807) is 6.20 Å². The number of carbonyl (C=O) groups is 2. The summed E-state index contributed by atoms with van der Waals surface area (Å²) in [7, 11) is 0. The zero-order valence-electron chi connectivity index (χ0n) is 17.6. The molecule has 1 aliphatic rings. The van der Waals surface area contributed by atoms with Crippen molar-refractivity contribution in [3.63, 3.8) is 0 Å². The van der Waals surface area contributed by atoms with Crippen molar-refractivity contribution < 1.29 is 9.59 Å². The third kappa shape index (κ3) is 5.20. The summed E-state index contributed by atoms with van der Waals surface area (Å²) in [5, 5.41) is 7.27. The number of nitrogens with one attached hydrogen (secondary N) is 1. The van der Waals surface area contributed by atoms with Crippen LogP contribution >= 0.6 is 0 Å². The second-order valence-corrected chi connectivity index (χ2v) is 7.92. The van der Waals surface area contributed by atoms with Crippen molar-refractivity contribution in [2.75, 3.05) is 13.1 Å². The van der Waals surface area contributed by atoms with E-state index in [-0.39, 0.29) is 17.9 Å². The Bertz CT molecular complexity index is 1000. The minimum absolute atomic E-state index is 0.0705. The molecule has 1 fully saturated rings. The molecule has 1 N–H and O–H groups in total. The van der Waals surface area contributed by atoms with E-state index in [0.717, 1.165) is 43.4 Å². The zero-order valence-corrected chi connectivity index (χ0v) is 17.6. The van der Waals surface area contributed by atoms with Crippen LogP contribution in [0, 0.1) is 0 Å². The Hall–Kier alpha value is -3.41. The average Bonchev–Trinajstić information content (AvgIpc) is 3.33. The van der Waals surface area contributed by atoms with Gasteiger partial charge in [-0.25, -0.2) is 0 Å². The Morgan fingerprint density at radius 3 is 2.61 bits per heavy atom. The Morgan fingerprint density at radius 1 is 1.00 bits per heavy atom. The number of rotatable bonds is 7. The third-order valence-corrected chi connectivity index (χ3v) is 5.83. The Morgan fingerprint density at radius 2 is 1.81 bits per heavy atom. The molecule has 4 rings (SSSR count). The van der Waals surface area contributed by atoms with Gasteiger partial charge in [-0.05, 0) is 55.5 Å². The molecule has 1 aromatic heterocycles. The molecule has 6 nitrogen and oxygen atoms in total. The molecule has 2 heterocycles. The molecule has 3 aromatic rings. The molecule has 1 atom stereocenters. The fourth-order valence-corrected chi connectivity index (χ4v) is 4.20. The van der Waals surface area contributed by atoms with E-state index in [9.17, 15) is 9.59 Å². The number of hydrogen-bond donors (Lipinski definition) is 1. The summed E-state index contributed by atoms with van der Waals surface area (Å²) in [4.78, 5) is 27.8. The van der Waals surface area contributed by atoms with Gasteiger partial charge in [-0.1, -0.05) is 36.4 Å². The Balaban J connectivity index is 1.41. The predicted molar refractivity (Wildman–Crippen MR) is 120 cm³/mol. The van der Waals surface area contributed by atoms with Crippen molar-refractivity contribution >= 4 is 11.8 Å². The van der Waals surface area contributed by atoms with E-state index in [0.29, 0.717) is 18.7 Å². The predicted octanol–water partition coefficient (Wildman–Crippen LogP) is 3.75. The van der Waals surface area contributed by atoms with Gasteiger partial charge in [0.2, 0.25) is 0 Å². The van der Waals surface area contributed by atoms with Crippen LogP contribution in [0.4, 0.5) is 0 Å². The SMILES string of the molecule is O=C(NCCC1CCCCN1C(=O)c1ccccc1Cn1cccn1)c1ccccc1. The van der Waals surface area contributed by atoms with Crippen LogP contribution in [0.1, 0.15) is 52.0 Å². The standard InChI is InChI=1S/C25H28N4O2/c30-24(20-9-2-1-3-10-20)26-16-14-22-12-6-7-18-29(22)25(31)23-13-5-4-11-21(23)19-28-17-8-15-27-28/h1-5,8-11,13,15,17,22H,6-7,12,14,16,18-19H2,(H,26,30). The molecule has 0 bridgehead atoms. The lowest BCUT2D eigenvalue weighted by Crippen LogP contribution is -2.45. The van der Waals surface area contributed by atoms with Gasteiger partial charge >= 0.3 is 0 Å². The Kier molecular flexibility index (Phi) is 6.77. The van der Waals surface area contributed by atoms with Gasteiger partial charge in [0.1, 0.15) is 0 Å². The molecule has 1 unspecified atom stereocenters. The maximum atomic E-state index is 13.5. The van der Waals surface area contributed by atoms with Crippen LogP contribution in [-0.4, -0.2) is 45.6 Å². The highest BCUT2D eigenvalue weighted by Gasteiger charge is 2.28. The van der Waals surface area contributed by atoms with E-state index in [4.69, 9.17) is 0 Å². The minimum atomic E-state index is -0.0705. The van der Waals surface area contributed by atoms with E-state index in [1.807, 2.05) is 76.4 Å². The smallest absolute Gasteiger partial charge is 0.254 e. The first-order valence-electron chi connectivity index (χ1n) is 10.9. The highest BCUT2D eigenvalue weighted by atomic mass is 16.2. The molecule has 31 heavy (non-hydrogen) atoms. The van der Waals surface area contributed by atoms with Crippen molar-refractivity contribution in [3.05, 3.63) is 89.7 Å². The van der Waals surface area contributed by atoms with Crippen molar-refractivity contribution in [3.8, 4) is 0 Å². The van der Waals surface area contributed by atoms with E-state index < -0.39 is 0 Å². The quantitative estimate of drug-likeness (QED) is 0.638. The van der Waals surface area contributed by atoms with Gasteiger partial charge in [0, 0.05) is 42.7 Å². The number of benzene rings is 2. The van der Waals surface area contributed by atoms with Crippen LogP contribution in [0.3, 0.4) is 0 Å². The fourth-order valence-electron chi connectivity index (χ4n) is 4.20. The van der Waals surface area contributed by atoms with E-state index in [1.165, 1.54) is 0 Å². The van der Waals surface area contributed by atoms with Crippen LogP contribution in [0.15, 0.2) is 73.1 Å². The first kappa shape index (κ1) is 20.8. The molecule has 0 spiro atoms. The van der Waals surface area contributed by atoms with E-state index >= 15 is 0 Å². The van der Waals surface area contributed by atoms with Crippen LogP contribution in [0.25, 0.3) is 0 Å². The van der Waals surface area contributed by atoms with E-state index in [2.05, 4.69) is 10.4 Å². The molecule has 1 aliphatic heterocycles. The molecule has 1 saturated heterocycles. The summed E-state index contributed by atoms with van der Waals surface area (Å²) in [6.45, 7) is 1.88. The zero-order chi connectivity index (χ0) is 21.5. The first-order chi connectivity index (χ1) is 15.2. The number of carbonyl (C=O) groups excluding carboxylic acids is 2. The maximum Gasteiger partial charge on any atom is 0.254 e. The van der Waals surface area contributed by atoms with Crippen LogP contribution < -0.4 is 5.32 Å². The van der Waals surface area contributed by atoms with Crippen molar-refractivity contribution in [2.45, 2.75) is 38.3 Å². The second-order valence-electron chi connectivity index (χ2n) is 7.92. The summed E-state index contributed by atoms with van der Waals surface area (Å²) in [6, 6.07) is 19.0. The van der Waals surface area contributed by atoms with Gasteiger partial charge < -0.3 is 10.2 Å². The molecule has 6 heteroatoms. The summed E-state index contributed by atoms with van der Waals surface area (Å²) >= 11 is 0. The molecule has 0 radical (unpaired) electrons. The van der Waals surface area contributed by atoms with Gasteiger partial charge in [-0.15, -0.1) is 0 Å². The fraction of sp³-hybridized carbons (Fsp3) is 0.320. The van der Waals surface area contributed by atoms with Gasteiger partial charge in [0.15, 0.2) is 0 Å². The van der Waals surface area contributed by atoms with Crippen molar-refractivity contribution in [1.82, 2.24) is 20.0 Å². The maximum absolute atomic E-state index is 13.5. The number of hydrogen-bond acceptors (Lipinski definition) is 3. The average molecular weight is 417 g/mol. The van der Waals surface area contributed by atoms with Gasteiger partial charge in [0.05, 0.1) is 6.54 Å². The van der Waals surface area contributed by atoms with Crippen molar-refractivity contribution in [1.29, 1.82) is 0 Å². The molecule has 160 valence electrons. The van der Waals surface area contributed by atoms with Gasteiger partial charge in [-0.2, -0.15) is 5.10 Å². The van der Waals surface area contributed by atoms with Crippen LogP contribution in [0.5, 0.6) is 0 Å². The van der Waals surface area contributed by atoms with Gasteiger partial charge in [0.25, 0.3) is 11.8 Å².